The van der Waals surface area contributed by atoms with Crippen molar-refractivity contribution in [2.24, 2.45) is 0 Å². The number of hydrogen-bond acceptors (Lipinski definition) is 5. The molecule has 0 amide bonds. The van der Waals surface area contributed by atoms with Crippen molar-refractivity contribution in [2.75, 3.05) is 13.7 Å². The number of hydrogen-bond donors (Lipinski definition) is 0. The van der Waals surface area contributed by atoms with Gasteiger partial charge in [0.15, 0.2) is 12.4 Å². The lowest BCUT2D eigenvalue weighted by atomic mass is 10.1. The highest BCUT2D eigenvalue weighted by molar-refractivity contribution is 5.82. The largest absolute Gasteiger partial charge is 0.474 e. The van der Waals surface area contributed by atoms with Gasteiger partial charge in [-0.05, 0) is 24.6 Å². The Labute approximate surface area is 138 Å². The second-order valence-corrected chi connectivity index (χ2v) is 5.32. The highest BCUT2D eigenvalue weighted by Gasteiger charge is 2.18. The Kier molecular flexibility index (Phi) is 4.33. The lowest BCUT2D eigenvalue weighted by molar-refractivity contribution is -0.142. The van der Waals surface area contributed by atoms with E-state index in [9.17, 15) is 9.59 Å². The predicted octanol–water partition coefficient (Wildman–Crippen LogP) is 3.32. The third kappa shape index (κ3) is 3.01. The molecule has 122 valence electrons. The van der Waals surface area contributed by atoms with Crippen molar-refractivity contribution >= 4 is 16.9 Å². The molecule has 0 fully saturated rings. The summed E-state index contributed by atoms with van der Waals surface area (Å²) in [7, 11) is 1.26. The first-order valence-corrected chi connectivity index (χ1v) is 7.42. The van der Waals surface area contributed by atoms with Crippen LogP contribution in [0.2, 0.25) is 0 Å². The quantitative estimate of drug-likeness (QED) is 0.689. The average Bonchev–Trinajstić information content (AvgIpc) is 2.61. The summed E-state index contributed by atoms with van der Waals surface area (Å²) >= 11 is 0. The zero-order valence-electron chi connectivity index (χ0n) is 13.4. The Morgan fingerprint density at radius 1 is 1.12 bits per heavy atom. The maximum Gasteiger partial charge on any atom is 0.343 e. The van der Waals surface area contributed by atoms with Crippen molar-refractivity contribution in [3.05, 3.63) is 64.3 Å². The molecule has 0 N–H and O–H groups in total. The summed E-state index contributed by atoms with van der Waals surface area (Å²) in [4.78, 5) is 24.2. The Morgan fingerprint density at radius 3 is 2.58 bits per heavy atom. The average molecular weight is 324 g/mol. The molecule has 0 unspecified atom stereocenters. The number of ether oxygens (including phenoxy) is 2. The second-order valence-electron chi connectivity index (χ2n) is 5.32. The van der Waals surface area contributed by atoms with E-state index >= 15 is 0 Å². The molecular weight excluding hydrogens is 308 g/mol. The summed E-state index contributed by atoms with van der Waals surface area (Å²) in [5.74, 6) is -0.275. The van der Waals surface area contributed by atoms with Crippen LogP contribution in [0.4, 0.5) is 0 Å². The predicted molar refractivity (Wildman–Crippen MR) is 90.2 cm³/mol. The molecule has 0 aliphatic rings. The van der Waals surface area contributed by atoms with E-state index in [1.165, 1.54) is 7.11 Å². The van der Waals surface area contributed by atoms with Crippen molar-refractivity contribution in [2.45, 2.75) is 6.92 Å². The van der Waals surface area contributed by atoms with Crippen molar-refractivity contribution in [3.63, 3.8) is 0 Å². The van der Waals surface area contributed by atoms with Gasteiger partial charge in [0.05, 0.1) is 12.5 Å². The van der Waals surface area contributed by atoms with Crippen molar-refractivity contribution < 1.29 is 18.7 Å². The van der Waals surface area contributed by atoms with Crippen LogP contribution in [0.5, 0.6) is 5.75 Å². The molecule has 0 aliphatic carbocycles. The van der Waals surface area contributed by atoms with Crippen LogP contribution >= 0.6 is 0 Å². The third-order valence-corrected chi connectivity index (χ3v) is 3.60. The Morgan fingerprint density at radius 2 is 1.88 bits per heavy atom. The molecule has 2 aromatic carbocycles. The van der Waals surface area contributed by atoms with Gasteiger partial charge >= 0.3 is 5.97 Å². The van der Waals surface area contributed by atoms with E-state index in [2.05, 4.69) is 4.74 Å². The van der Waals surface area contributed by atoms with Crippen molar-refractivity contribution in [1.82, 2.24) is 0 Å². The first kappa shape index (κ1) is 15.8. The molecule has 5 nitrogen and oxygen atoms in total. The standard InChI is InChI=1S/C19H16O5/c1-12-8-9-14-15(10-12)24-18(13-6-4-3-5-7-13)19(17(14)21)23-11-16(20)22-2/h3-10H,11H2,1-2H3. The molecule has 3 aromatic rings. The summed E-state index contributed by atoms with van der Waals surface area (Å²) in [6.45, 7) is 1.56. The van der Waals surface area contributed by atoms with Crippen molar-refractivity contribution in [1.29, 1.82) is 0 Å². The second kappa shape index (κ2) is 6.58. The number of esters is 1. The number of fused-ring (bicyclic) bond motifs is 1. The molecule has 0 atom stereocenters. The number of carbonyl (C=O) groups is 1. The van der Waals surface area contributed by atoms with Gasteiger partial charge in [-0.1, -0.05) is 36.4 Å². The van der Waals surface area contributed by atoms with Crippen LogP contribution in [0.25, 0.3) is 22.3 Å². The molecule has 0 saturated heterocycles. The monoisotopic (exact) mass is 324 g/mol. The zero-order chi connectivity index (χ0) is 17.1. The fraction of sp³-hybridized carbons (Fsp3) is 0.158. The summed E-state index contributed by atoms with van der Waals surface area (Å²) in [6, 6.07) is 14.5. The normalized spacial score (nSPS) is 10.6. The minimum Gasteiger partial charge on any atom is -0.474 e. The highest BCUT2D eigenvalue weighted by atomic mass is 16.6. The van der Waals surface area contributed by atoms with E-state index in [1.807, 2.05) is 43.3 Å². The molecule has 0 bridgehead atoms. The molecule has 0 aliphatic heterocycles. The molecule has 5 heteroatoms. The lowest BCUT2D eigenvalue weighted by Gasteiger charge is -2.11. The van der Waals surface area contributed by atoms with E-state index in [0.717, 1.165) is 5.56 Å². The zero-order valence-corrected chi connectivity index (χ0v) is 13.4. The van der Waals surface area contributed by atoms with Gasteiger partial charge in [-0.2, -0.15) is 0 Å². The Bertz CT molecular complexity index is 941. The van der Waals surface area contributed by atoms with Gasteiger partial charge in [0.25, 0.3) is 0 Å². The minimum atomic E-state index is -0.572. The van der Waals surface area contributed by atoms with E-state index < -0.39 is 5.97 Å². The Hall–Kier alpha value is -3.08. The SMILES string of the molecule is COC(=O)COc1c(-c2ccccc2)oc2cc(C)ccc2c1=O. The van der Waals surface area contributed by atoms with Gasteiger partial charge in [-0.25, -0.2) is 4.79 Å². The van der Waals surface area contributed by atoms with Crippen molar-refractivity contribution in [3.8, 4) is 17.1 Å². The van der Waals surface area contributed by atoms with Crippen LogP contribution in [0.15, 0.2) is 57.7 Å². The molecule has 1 heterocycles. The lowest BCUT2D eigenvalue weighted by Crippen LogP contribution is -2.17. The van der Waals surface area contributed by atoms with Crippen LogP contribution in [0.1, 0.15) is 5.56 Å². The summed E-state index contributed by atoms with van der Waals surface area (Å²) < 4.78 is 15.9. The van der Waals surface area contributed by atoms with Gasteiger partial charge in [0.1, 0.15) is 5.58 Å². The maximum atomic E-state index is 12.8. The molecule has 0 spiro atoms. The number of benzene rings is 2. The molecule has 1 aromatic heterocycles. The first-order valence-electron chi connectivity index (χ1n) is 7.42. The molecule has 3 rings (SSSR count). The smallest absolute Gasteiger partial charge is 0.343 e. The minimum absolute atomic E-state index is 0.00273. The number of carbonyl (C=O) groups excluding carboxylic acids is 1. The van der Waals surface area contributed by atoms with E-state index in [0.29, 0.717) is 22.3 Å². The van der Waals surface area contributed by atoms with Gasteiger partial charge in [0, 0.05) is 5.56 Å². The maximum absolute atomic E-state index is 12.8. The van der Waals surface area contributed by atoms with Crippen LogP contribution < -0.4 is 10.2 Å². The van der Waals surface area contributed by atoms with Gasteiger partial charge in [-0.3, -0.25) is 4.79 Å². The van der Waals surface area contributed by atoms with Crippen LogP contribution in [0, 0.1) is 6.92 Å². The summed E-state index contributed by atoms with van der Waals surface area (Å²) in [6.07, 6.45) is 0. The van der Waals surface area contributed by atoms with Gasteiger partial charge in [0.2, 0.25) is 11.2 Å². The topological polar surface area (TPSA) is 65.7 Å². The first-order chi connectivity index (χ1) is 11.6. The number of rotatable bonds is 4. The van der Waals surface area contributed by atoms with Gasteiger partial charge < -0.3 is 13.9 Å². The fourth-order valence-corrected chi connectivity index (χ4v) is 2.38. The van der Waals surface area contributed by atoms with Crippen LogP contribution in [-0.2, 0) is 9.53 Å². The molecule has 0 saturated carbocycles. The molecular formula is C19H16O5. The molecule has 24 heavy (non-hydrogen) atoms. The molecule has 0 radical (unpaired) electrons. The van der Waals surface area contributed by atoms with Crippen LogP contribution in [-0.4, -0.2) is 19.7 Å². The number of methoxy groups -OCH3 is 1. The highest BCUT2D eigenvalue weighted by Crippen LogP contribution is 2.31. The fourth-order valence-electron chi connectivity index (χ4n) is 2.38. The van der Waals surface area contributed by atoms with Crippen LogP contribution in [0.3, 0.4) is 0 Å². The number of aryl methyl sites for hydroxylation is 1. The summed E-state index contributed by atoms with van der Waals surface area (Å²) in [5, 5.41) is 0.403. The van der Waals surface area contributed by atoms with E-state index in [-0.39, 0.29) is 17.8 Å². The summed E-state index contributed by atoms with van der Waals surface area (Å²) in [5.41, 5.74) is 1.83. The van der Waals surface area contributed by atoms with E-state index in [1.54, 1.807) is 12.1 Å². The Balaban J connectivity index is 2.22. The van der Waals surface area contributed by atoms with E-state index in [4.69, 9.17) is 9.15 Å². The third-order valence-electron chi connectivity index (χ3n) is 3.60. The van der Waals surface area contributed by atoms with Gasteiger partial charge in [-0.15, -0.1) is 0 Å².